The van der Waals surface area contributed by atoms with Crippen LogP contribution >= 0.6 is 0 Å². The molecule has 0 N–H and O–H groups in total. The van der Waals surface area contributed by atoms with E-state index in [2.05, 4.69) is 127 Å². The summed E-state index contributed by atoms with van der Waals surface area (Å²) in [5, 5.41) is 7.68. The van der Waals surface area contributed by atoms with E-state index in [1.807, 2.05) is 0 Å². The van der Waals surface area contributed by atoms with Crippen LogP contribution in [0.3, 0.4) is 0 Å². The van der Waals surface area contributed by atoms with E-state index in [9.17, 15) is 0 Å². The Kier molecular flexibility index (Phi) is 4.46. The molecule has 1 aromatic heterocycles. The first-order chi connectivity index (χ1) is 17.3. The van der Waals surface area contributed by atoms with Crippen LogP contribution in [0.5, 0.6) is 0 Å². The number of aryl methyl sites for hydroxylation is 1. The van der Waals surface area contributed by atoms with Gasteiger partial charge < -0.3 is 4.57 Å². The molecule has 0 spiro atoms. The van der Waals surface area contributed by atoms with Gasteiger partial charge in [-0.1, -0.05) is 91.0 Å². The third-order valence-corrected chi connectivity index (χ3v) is 7.18. The van der Waals surface area contributed by atoms with E-state index >= 15 is 0 Å². The predicted molar refractivity (Wildman–Crippen MR) is 150 cm³/mol. The van der Waals surface area contributed by atoms with Crippen LogP contribution in [-0.2, 0) is 7.05 Å². The monoisotopic (exact) mass is 448 g/mol. The molecule has 1 aliphatic carbocycles. The second-order valence-corrected chi connectivity index (χ2v) is 9.27. The lowest BCUT2D eigenvalue weighted by Crippen LogP contribution is -1.95. The van der Waals surface area contributed by atoms with Gasteiger partial charge in [0.05, 0.1) is 11.0 Å². The normalized spacial score (nSPS) is 13.7. The SMILES string of the molecule is Cn1c(C2=CC=CCC=C2)nc2cc(-c3cccc4c3ccc3cc5ccccc5cc34)ccc21. The molecule has 0 bridgehead atoms. The zero-order chi connectivity index (χ0) is 23.4. The smallest absolute Gasteiger partial charge is 0.140 e. The van der Waals surface area contributed by atoms with Gasteiger partial charge in [0.1, 0.15) is 5.82 Å². The summed E-state index contributed by atoms with van der Waals surface area (Å²) < 4.78 is 2.19. The number of hydrogen-bond acceptors (Lipinski definition) is 1. The average molecular weight is 449 g/mol. The van der Waals surface area contributed by atoms with Crippen LogP contribution in [0.15, 0.2) is 115 Å². The van der Waals surface area contributed by atoms with Crippen molar-refractivity contribution < 1.29 is 0 Å². The second kappa shape index (κ2) is 7.82. The highest BCUT2D eigenvalue weighted by Crippen LogP contribution is 2.36. The Balaban J connectivity index is 1.41. The number of allylic oxidation sites excluding steroid dienone is 6. The zero-order valence-corrected chi connectivity index (χ0v) is 19.6. The zero-order valence-electron chi connectivity index (χ0n) is 19.6. The molecule has 0 radical (unpaired) electrons. The maximum Gasteiger partial charge on any atom is 0.140 e. The summed E-state index contributed by atoms with van der Waals surface area (Å²) in [5.41, 5.74) is 5.74. The highest BCUT2D eigenvalue weighted by atomic mass is 15.1. The van der Waals surface area contributed by atoms with Crippen LogP contribution in [0.25, 0.3) is 60.1 Å². The summed E-state index contributed by atoms with van der Waals surface area (Å²) >= 11 is 0. The fourth-order valence-electron chi connectivity index (χ4n) is 5.39. The van der Waals surface area contributed by atoms with E-state index in [0.29, 0.717) is 0 Å². The van der Waals surface area contributed by atoms with E-state index in [-0.39, 0.29) is 0 Å². The molecule has 35 heavy (non-hydrogen) atoms. The molecular weight excluding hydrogens is 424 g/mol. The number of imidazole rings is 1. The molecule has 2 heteroatoms. The molecule has 1 aliphatic rings. The average Bonchev–Trinajstić information content (AvgIpc) is 3.05. The maximum absolute atomic E-state index is 5.04. The number of rotatable bonds is 2. The summed E-state index contributed by atoms with van der Waals surface area (Å²) in [6.07, 6.45) is 11.7. The van der Waals surface area contributed by atoms with Crippen molar-refractivity contribution in [2.24, 2.45) is 7.05 Å². The van der Waals surface area contributed by atoms with E-state index in [4.69, 9.17) is 4.98 Å². The molecule has 1 heterocycles. The van der Waals surface area contributed by atoms with Gasteiger partial charge in [-0.05, 0) is 74.1 Å². The molecule has 5 aromatic carbocycles. The maximum atomic E-state index is 5.04. The van der Waals surface area contributed by atoms with Crippen LogP contribution < -0.4 is 0 Å². The molecular formula is C33H24N2. The Labute approximate surface area is 204 Å². The van der Waals surface area contributed by atoms with Gasteiger partial charge in [0, 0.05) is 12.6 Å². The third-order valence-electron chi connectivity index (χ3n) is 7.18. The van der Waals surface area contributed by atoms with Gasteiger partial charge in [0.15, 0.2) is 0 Å². The van der Waals surface area contributed by atoms with Crippen LogP contribution in [-0.4, -0.2) is 9.55 Å². The highest BCUT2D eigenvalue weighted by molar-refractivity contribution is 6.15. The molecule has 6 aromatic rings. The Hall–Kier alpha value is -4.43. The number of fused-ring (bicyclic) bond motifs is 5. The van der Waals surface area contributed by atoms with Crippen molar-refractivity contribution in [3.63, 3.8) is 0 Å². The summed E-state index contributed by atoms with van der Waals surface area (Å²) in [6, 6.07) is 31.0. The summed E-state index contributed by atoms with van der Waals surface area (Å²) in [4.78, 5) is 5.04. The predicted octanol–water partition coefficient (Wildman–Crippen LogP) is 8.60. The molecule has 0 unspecified atom stereocenters. The Morgan fingerprint density at radius 2 is 1.60 bits per heavy atom. The highest BCUT2D eigenvalue weighted by Gasteiger charge is 2.13. The molecule has 0 aliphatic heterocycles. The van der Waals surface area contributed by atoms with E-state index in [1.54, 1.807) is 0 Å². The van der Waals surface area contributed by atoms with Crippen molar-refractivity contribution in [2.45, 2.75) is 6.42 Å². The first-order valence-electron chi connectivity index (χ1n) is 12.1. The largest absolute Gasteiger partial charge is 0.327 e. The molecule has 0 saturated heterocycles. The first-order valence-corrected chi connectivity index (χ1v) is 12.1. The third kappa shape index (κ3) is 3.22. The van der Waals surface area contributed by atoms with E-state index in [1.165, 1.54) is 43.4 Å². The summed E-state index contributed by atoms with van der Waals surface area (Å²) in [6.45, 7) is 0. The van der Waals surface area contributed by atoms with Gasteiger partial charge in [0.25, 0.3) is 0 Å². The van der Waals surface area contributed by atoms with Crippen molar-refractivity contribution in [2.75, 3.05) is 0 Å². The Morgan fingerprint density at radius 3 is 2.51 bits per heavy atom. The lowest BCUT2D eigenvalue weighted by atomic mass is 9.93. The lowest BCUT2D eigenvalue weighted by molar-refractivity contribution is 0.924. The molecule has 0 fully saturated rings. The fraction of sp³-hybridized carbons (Fsp3) is 0.0606. The van der Waals surface area contributed by atoms with Crippen molar-refractivity contribution in [3.05, 3.63) is 121 Å². The minimum absolute atomic E-state index is 0.958. The Morgan fingerprint density at radius 1 is 0.714 bits per heavy atom. The minimum Gasteiger partial charge on any atom is -0.327 e. The number of aromatic nitrogens is 2. The second-order valence-electron chi connectivity index (χ2n) is 9.27. The van der Waals surface area contributed by atoms with Crippen molar-refractivity contribution in [1.82, 2.24) is 9.55 Å². The topological polar surface area (TPSA) is 17.8 Å². The first kappa shape index (κ1) is 20.0. The number of nitrogens with zero attached hydrogens (tertiary/aromatic N) is 2. The van der Waals surface area contributed by atoms with Gasteiger partial charge in [-0.25, -0.2) is 4.98 Å². The van der Waals surface area contributed by atoms with Gasteiger partial charge >= 0.3 is 0 Å². The minimum atomic E-state index is 0.958. The molecule has 166 valence electrons. The van der Waals surface area contributed by atoms with Crippen molar-refractivity contribution in [3.8, 4) is 11.1 Å². The van der Waals surface area contributed by atoms with Crippen molar-refractivity contribution >= 4 is 48.9 Å². The Bertz CT molecular complexity index is 1880. The van der Waals surface area contributed by atoms with Crippen LogP contribution in [0.2, 0.25) is 0 Å². The standard InChI is InChI=1S/C33H24N2/c1-35-32-18-16-26(21-31(32)34-33(35)22-9-4-2-3-5-10-22)27-13-8-14-28-29(27)17-15-25-19-23-11-6-7-12-24(23)20-30(25)28/h2,4-21H,3H2,1H3. The molecule has 7 rings (SSSR count). The fourth-order valence-corrected chi connectivity index (χ4v) is 5.39. The molecule has 2 nitrogen and oxygen atoms in total. The number of hydrogen-bond donors (Lipinski definition) is 0. The summed E-state index contributed by atoms with van der Waals surface area (Å²) in [7, 11) is 2.10. The summed E-state index contributed by atoms with van der Waals surface area (Å²) in [5.74, 6) is 0.996. The van der Waals surface area contributed by atoms with E-state index < -0.39 is 0 Å². The molecule has 0 amide bonds. The lowest BCUT2D eigenvalue weighted by Gasteiger charge is -2.11. The number of benzene rings is 5. The van der Waals surface area contributed by atoms with Crippen LogP contribution in [0.1, 0.15) is 12.2 Å². The van der Waals surface area contributed by atoms with Crippen LogP contribution in [0.4, 0.5) is 0 Å². The van der Waals surface area contributed by atoms with Gasteiger partial charge in [-0.3, -0.25) is 0 Å². The molecule has 0 saturated carbocycles. The van der Waals surface area contributed by atoms with Crippen LogP contribution in [0, 0.1) is 0 Å². The van der Waals surface area contributed by atoms with Crippen molar-refractivity contribution in [1.29, 1.82) is 0 Å². The van der Waals surface area contributed by atoms with Gasteiger partial charge in [-0.15, -0.1) is 0 Å². The van der Waals surface area contributed by atoms with Gasteiger partial charge in [0.2, 0.25) is 0 Å². The van der Waals surface area contributed by atoms with E-state index in [0.717, 1.165) is 28.9 Å². The van der Waals surface area contributed by atoms with Gasteiger partial charge in [-0.2, -0.15) is 0 Å². The quantitative estimate of drug-likeness (QED) is 0.191. The molecule has 0 atom stereocenters.